The molecule has 1 aromatic carbocycles. The number of unbranched alkanes of at least 4 members (excludes halogenated alkanes) is 1. The summed E-state index contributed by atoms with van der Waals surface area (Å²) >= 11 is 1.65. The maximum atomic E-state index is 12.9. The third-order valence-corrected chi connectivity index (χ3v) is 6.10. The molecular weight excluding hydrogens is 346 g/mol. The van der Waals surface area contributed by atoms with Crippen molar-refractivity contribution in [2.75, 3.05) is 6.61 Å². The monoisotopic (exact) mass is 369 g/mol. The first kappa shape index (κ1) is 17.2. The van der Waals surface area contributed by atoms with E-state index in [1.54, 1.807) is 11.3 Å². The topological polar surface area (TPSA) is 57.0 Å². The van der Waals surface area contributed by atoms with E-state index in [1.165, 1.54) is 15.1 Å². The lowest BCUT2D eigenvalue weighted by molar-refractivity contribution is 0.300. The summed E-state index contributed by atoms with van der Waals surface area (Å²) in [5.41, 5.74) is 1.25. The molecule has 136 valence electrons. The minimum absolute atomic E-state index is 0.0195. The first-order valence-corrected chi connectivity index (χ1v) is 10.1. The summed E-state index contributed by atoms with van der Waals surface area (Å²) in [6.45, 7) is 3.50. The van der Waals surface area contributed by atoms with Crippen molar-refractivity contribution < 1.29 is 4.74 Å². The number of nitrogens with zero attached hydrogens (tertiary/aromatic N) is 3. The van der Waals surface area contributed by atoms with Gasteiger partial charge in [-0.3, -0.25) is 4.79 Å². The summed E-state index contributed by atoms with van der Waals surface area (Å²) < 4.78 is 7.22. The largest absolute Gasteiger partial charge is 0.494 e. The molecule has 0 saturated carbocycles. The van der Waals surface area contributed by atoms with Crippen LogP contribution >= 0.6 is 11.3 Å². The van der Waals surface area contributed by atoms with Crippen molar-refractivity contribution >= 4 is 21.6 Å². The van der Waals surface area contributed by atoms with Gasteiger partial charge in [-0.1, -0.05) is 30.3 Å². The molecule has 0 N–H and O–H groups in total. The standard InChI is InChI=1S/C20H23N3O2S/c1-14-9-10-16-17(13-14)26-19-18(16)20(24)23(22-21-19)11-5-6-12-25-15-7-3-2-4-8-15/h2-4,7-8,14H,5-6,9-13H2,1H3. The van der Waals surface area contributed by atoms with Gasteiger partial charge in [0.1, 0.15) is 5.75 Å². The average Bonchev–Trinajstić information content (AvgIpc) is 3.02. The van der Waals surface area contributed by atoms with Gasteiger partial charge >= 0.3 is 0 Å². The second-order valence-electron chi connectivity index (χ2n) is 7.02. The fourth-order valence-corrected chi connectivity index (χ4v) is 4.83. The molecule has 0 radical (unpaired) electrons. The number of rotatable bonds is 6. The highest BCUT2D eigenvalue weighted by Crippen LogP contribution is 2.35. The normalized spacial score (nSPS) is 16.6. The lowest BCUT2D eigenvalue weighted by Gasteiger charge is -2.17. The molecule has 1 aliphatic carbocycles. The van der Waals surface area contributed by atoms with E-state index < -0.39 is 0 Å². The van der Waals surface area contributed by atoms with Crippen LogP contribution in [0.2, 0.25) is 0 Å². The average molecular weight is 369 g/mol. The van der Waals surface area contributed by atoms with E-state index in [2.05, 4.69) is 17.2 Å². The van der Waals surface area contributed by atoms with Crippen LogP contribution in [0.1, 0.15) is 36.6 Å². The lowest BCUT2D eigenvalue weighted by Crippen LogP contribution is -2.25. The molecule has 1 aliphatic rings. The molecule has 0 saturated heterocycles. The fraction of sp³-hybridized carbons (Fsp3) is 0.450. The van der Waals surface area contributed by atoms with Gasteiger partial charge in [-0.15, -0.1) is 16.4 Å². The number of fused-ring (bicyclic) bond motifs is 3. The molecule has 0 aliphatic heterocycles. The Kier molecular flexibility index (Phi) is 5.02. The summed E-state index contributed by atoms with van der Waals surface area (Å²) in [6.07, 6.45) is 4.92. The summed E-state index contributed by atoms with van der Waals surface area (Å²) in [7, 11) is 0. The zero-order valence-electron chi connectivity index (χ0n) is 15.0. The van der Waals surface area contributed by atoms with Crippen LogP contribution in [0, 0.1) is 5.92 Å². The summed E-state index contributed by atoms with van der Waals surface area (Å²) in [4.78, 5) is 15.0. The molecule has 2 heterocycles. The number of thiophene rings is 1. The summed E-state index contributed by atoms with van der Waals surface area (Å²) in [5, 5.41) is 9.28. The number of aromatic nitrogens is 3. The molecule has 3 aromatic rings. The van der Waals surface area contributed by atoms with Crippen LogP contribution in [0.5, 0.6) is 5.75 Å². The highest BCUT2D eigenvalue weighted by molar-refractivity contribution is 7.18. The number of hydrogen-bond acceptors (Lipinski definition) is 5. The molecule has 6 heteroatoms. The van der Waals surface area contributed by atoms with Crippen LogP contribution in [0.25, 0.3) is 10.2 Å². The maximum Gasteiger partial charge on any atom is 0.278 e. The Morgan fingerprint density at radius 2 is 2.12 bits per heavy atom. The van der Waals surface area contributed by atoms with Crippen molar-refractivity contribution in [3.05, 3.63) is 51.1 Å². The maximum absolute atomic E-state index is 12.9. The minimum Gasteiger partial charge on any atom is -0.494 e. The van der Waals surface area contributed by atoms with Gasteiger partial charge in [0.25, 0.3) is 5.56 Å². The van der Waals surface area contributed by atoms with Crippen LogP contribution in [0.3, 0.4) is 0 Å². The van der Waals surface area contributed by atoms with Crippen molar-refractivity contribution in [2.45, 2.75) is 45.6 Å². The highest BCUT2D eigenvalue weighted by Gasteiger charge is 2.23. The Morgan fingerprint density at radius 3 is 2.96 bits per heavy atom. The van der Waals surface area contributed by atoms with Gasteiger partial charge < -0.3 is 4.74 Å². The Hall–Kier alpha value is -2.21. The van der Waals surface area contributed by atoms with Gasteiger partial charge in [0.05, 0.1) is 12.0 Å². The first-order valence-electron chi connectivity index (χ1n) is 9.28. The van der Waals surface area contributed by atoms with E-state index >= 15 is 0 Å². The van der Waals surface area contributed by atoms with Crippen LogP contribution in [0.4, 0.5) is 0 Å². The van der Waals surface area contributed by atoms with E-state index in [4.69, 9.17) is 4.74 Å². The van der Waals surface area contributed by atoms with Crippen molar-refractivity contribution in [3.63, 3.8) is 0 Å². The van der Waals surface area contributed by atoms with Crippen LogP contribution in [0.15, 0.2) is 35.1 Å². The Balaban J connectivity index is 1.41. The van der Waals surface area contributed by atoms with Gasteiger partial charge in [0, 0.05) is 11.4 Å². The van der Waals surface area contributed by atoms with Gasteiger partial charge in [-0.05, 0) is 55.7 Å². The van der Waals surface area contributed by atoms with E-state index in [0.29, 0.717) is 19.1 Å². The number of hydrogen-bond donors (Lipinski definition) is 0. The molecule has 0 spiro atoms. The molecule has 1 unspecified atom stereocenters. The van der Waals surface area contributed by atoms with Gasteiger partial charge in [-0.25, -0.2) is 4.68 Å². The van der Waals surface area contributed by atoms with Crippen molar-refractivity contribution in [1.82, 2.24) is 15.0 Å². The molecule has 2 aromatic heterocycles. The predicted octanol–water partition coefficient (Wildman–Crippen LogP) is 3.84. The van der Waals surface area contributed by atoms with Crippen molar-refractivity contribution in [3.8, 4) is 5.75 Å². The SMILES string of the molecule is CC1CCc2c(sc3nnn(CCCCOc4ccccc4)c(=O)c23)C1. The zero-order chi connectivity index (χ0) is 17.9. The lowest BCUT2D eigenvalue weighted by atomic mass is 9.89. The Morgan fingerprint density at radius 1 is 1.27 bits per heavy atom. The van der Waals surface area contributed by atoms with E-state index in [-0.39, 0.29) is 5.56 Å². The molecule has 0 fully saturated rings. The second-order valence-corrected chi connectivity index (χ2v) is 8.10. The van der Waals surface area contributed by atoms with Crippen LogP contribution in [-0.2, 0) is 19.4 Å². The van der Waals surface area contributed by atoms with Crippen molar-refractivity contribution in [2.24, 2.45) is 5.92 Å². The minimum atomic E-state index is 0.0195. The summed E-state index contributed by atoms with van der Waals surface area (Å²) in [5.74, 6) is 1.57. The van der Waals surface area contributed by atoms with Gasteiger partial charge in [0.15, 0.2) is 4.83 Å². The third-order valence-electron chi connectivity index (χ3n) is 4.96. The Bertz CT molecular complexity index is 949. The fourth-order valence-electron chi connectivity index (χ4n) is 3.51. The van der Waals surface area contributed by atoms with Crippen LogP contribution in [-0.4, -0.2) is 21.6 Å². The Labute approximate surface area is 156 Å². The number of ether oxygens (including phenoxy) is 1. The van der Waals surface area contributed by atoms with E-state index in [1.807, 2.05) is 30.3 Å². The van der Waals surface area contributed by atoms with Crippen molar-refractivity contribution in [1.29, 1.82) is 0 Å². The number of para-hydroxylation sites is 1. The van der Waals surface area contributed by atoms with Crippen LogP contribution < -0.4 is 10.3 Å². The molecule has 26 heavy (non-hydrogen) atoms. The third kappa shape index (κ3) is 3.51. The van der Waals surface area contributed by atoms with E-state index in [9.17, 15) is 4.79 Å². The molecule has 1 atom stereocenters. The zero-order valence-corrected chi connectivity index (χ0v) is 15.8. The number of aryl methyl sites for hydroxylation is 2. The summed E-state index contributed by atoms with van der Waals surface area (Å²) in [6, 6.07) is 9.79. The van der Waals surface area contributed by atoms with E-state index in [0.717, 1.165) is 48.1 Å². The number of benzene rings is 1. The molecule has 5 nitrogen and oxygen atoms in total. The van der Waals surface area contributed by atoms with Gasteiger partial charge in [0.2, 0.25) is 0 Å². The highest BCUT2D eigenvalue weighted by atomic mass is 32.1. The predicted molar refractivity (Wildman–Crippen MR) is 104 cm³/mol. The van der Waals surface area contributed by atoms with Gasteiger partial charge in [-0.2, -0.15) is 0 Å². The quantitative estimate of drug-likeness (QED) is 0.620. The second kappa shape index (κ2) is 7.58. The molecular formula is C20H23N3O2S. The molecule has 0 bridgehead atoms. The first-order chi connectivity index (χ1) is 12.7. The smallest absolute Gasteiger partial charge is 0.278 e. The molecule has 0 amide bonds. The molecule has 4 rings (SSSR count).